The number of fused-ring (bicyclic) bond motifs is 2. The Kier molecular flexibility index (Phi) is 8.66. The van der Waals surface area contributed by atoms with E-state index in [9.17, 15) is 0 Å². The molecule has 0 aliphatic heterocycles. The van der Waals surface area contributed by atoms with Gasteiger partial charge < -0.3 is 18.9 Å². The van der Waals surface area contributed by atoms with Crippen molar-refractivity contribution in [3.8, 4) is 23.0 Å². The first kappa shape index (κ1) is 25.6. The van der Waals surface area contributed by atoms with Crippen LogP contribution in [0, 0.1) is 0 Å². The van der Waals surface area contributed by atoms with Gasteiger partial charge in [0.05, 0.1) is 0 Å². The van der Waals surface area contributed by atoms with Gasteiger partial charge in [-0.1, -0.05) is 74.9 Å². The molecule has 0 heterocycles. The van der Waals surface area contributed by atoms with Crippen LogP contribution in [-0.4, -0.2) is 26.4 Å². The van der Waals surface area contributed by atoms with E-state index in [2.05, 4.69) is 62.7 Å². The van der Waals surface area contributed by atoms with E-state index in [1.54, 1.807) is 24.3 Å². The molecule has 0 saturated carbocycles. The van der Waals surface area contributed by atoms with E-state index in [-0.39, 0.29) is 0 Å². The van der Waals surface area contributed by atoms with E-state index < -0.39 is 0 Å². The summed E-state index contributed by atoms with van der Waals surface area (Å²) in [4.78, 5) is 0. The molecule has 0 fully saturated rings. The van der Waals surface area contributed by atoms with E-state index in [1.165, 1.54) is 0 Å². The lowest BCUT2D eigenvalue weighted by Gasteiger charge is -2.18. The Morgan fingerprint density at radius 3 is 1.27 bits per heavy atom. The van der Waals surface area contributed by atoms with Crippen molar-refractivity contribution in [2.75, 3.05) is 26.4 Å². The second-order valence-corrected chi connectivity index (χ2v) is 8.43. The van der Waals surface area contributed by atoms with Crippen LogP contribution in [0.5, 0.6) is 23.0 Å². The molecule has 0 spiro atoms. The molecule has 0 N–H and O–H groups in total. The lowest BCUT2D eigenvalue weighted by atomic mass is 9.93. The van der Waals surface area contributed by atoms with Gasteiger partial charge in [-0.25, -0.2) is 0 Å². The molecule has 0 amide bonds. The topological polar surface area (TPSA) is 36.9 Å². The van der Waals surface area contributed by atoms with E-state index in [0.29, 0.717) is 32.8 Å². The molecule has 0 atom stereocenters. The molecule has 4 aromatic carbocycles. The molecule has 0 unspecified atom stereocenters. The largest absolute Gasteiger partial charge is 0.490 e. The van der Waals surface area contributed by atoms with Crippen molar-refractivity contribution >= 4 is 21.5 Å². The Hall–Kier alpha value is -4.44. The molecule has 0 aromatic heterocycles. The third-order valence-corrected chi connectivity index (χ3v) is 5.93. The highest BCUT2D eigenvalue weighted by Gasteiger charge is 2.17. The Labute approximate surface area is 218 Å². The Bertz CT molecular complexity index is 1310. The Morgan fingerprint density at radius 2 is 0.865 bits per heavy atom. The van der Waals surface area contributed by atoms with Crippen LogP contribution in [0.1, 0.15) is 11.1 Å². The number of ether oxygens (including phenoxy) is 4. The monoisotopic (exact) mass is 492 g/mol. The maximum Gasteiger partial charge on any atom is 0.123 e. The van der Waals surface area contributed by atoms with Gasteiger partial charge in [0.25, 0.3) is 0 Å². The number of rotatable bonds is 14. The van der Waals surface area contributed by atoms with Crippen LogP contribution in [0.15, 0.2) is 111 Å². The third kappa shape index (κ3) is 6.04. The first-order valence-corrected chi connectivity index (χ1v) is 12.2. The maximum absolute atomic E-state index is 6.13. The highest BCUT2D eigenvalue weighted by atomic mass is 16.5. The van der Waals surface area contributed by atoms with E-state index in [1.807, 2.05) is 24.3 Å². The van der Waals surface area contributed by atoms with Crippen molar-refractivity contribution in [3.63, 3.8) is 0 Å². The summed E-state index contributed by atoms with van der Waals surface area (Å²) in [6.45, 7) is 16.8. The van der Waals surface area contributed by atoms with Gasteiger partial charge in [0, 0.05) is 17.5 Å². The molecule has 4 heteroatoms. The van der Waals surface area contributed by atoms with Crippen LogP contribution < -0.4 is 18.9 Å². The quantitative estimate of drug-likeness (QED) is 0.168. The van der Waals surface area contributed by atoms with Crippen LogP contribution in [0.25, 0.3) is 21.5 Å². The summed E-state index contributed by atoms with van der Waals surface area (Å²) >= 11 is 0. The number of hydrogen-bond donors (Lipinski definition) is 0. The SMILES string of the molecule is C=CCOc1ccc2ccc(OCC=C)c(Cc3c(OCC=C)ccc4ccc(OCC=C)cc34)c2c1. The highest BCUT2D eigenvalue weighted by molar-refractivity contribution is 5.93. The van der Waals surface area contributed by atoms with Crippen molar-refractivity contribution in [2.45, 2.75) is 6.42 Å². The fourth-order valence-corrected chi connectivity index (χ4v) is 4.28. The Morgan fingerprint density at radius 1 is 0.486 bits per heavy atom. The van der Waals surface area contributed by atoms with E-state index in [0.717, 1.165) is 55.7 Å². The molecule has 0 aliphatic carbocycles. The molecule has 188 valence electrons. The lowest BCUT2D eigenvalue weighted by molar-refractivity contribution is 0.356. The predicted molar refractivity (Wildman–Crippen MR) is 153 cm³/mol. The van der Waals surface area contributed by atoms with Gasteiger partial charge in [-0.2, -0.15) is 0 Å². The third-order valence-electron chi connectivity index (χ3n) is 5.93. The van der Waals surface area contributed by atoms with Crippen molar-refractivity contribution in [3.05, 3.63) is 122 Å². The van der Waals surface area contributed by atoms with E-state index >= 15 is 0 Å². The minimum atomic E-state index is 0.403. The van der Waals surface area contributed by atoms with Crippen molar-refractivity contribution in [1.82, 2.24) is 0 Å². The summed E-state index contributed by atoms with van der Waals surface area (Å²) in [5.74, 6) is 3.13. The summed E-state index contributed by atoms with van der Waals surface area (Å²) in [6, 6.07) is 20.3. The molecule has 4 nitrogen and oxygen atoms in total. The first-order chi connectivity index (χ1) is 18.2. The molecule has 4 aromatic rings. The fourth-order valence-electron chi connectivity index (χ4n) is 4.28. The smallest absolute Gasteiger partial charge is 0.123 e. The zero-order valence-electron chi connectivity index (χ0n) is 21.1. The van der Waals surface area contributed by atoms with Gasteiger partial charge in [0.15, 0.2) is 0 Å². The van der Waals surface area contributed by atoms with E-state index in [4.69, 9.17) is 18.9 Å². The molecule has 0 bridgehead atoms. The second kappa shape index (κ2) is 12.5. The summed E-state index contributed by atoms with van der Waals surface area (Å²) in [5.41, 5.74) is 2.08. The van der Waals surface area contributed by atoms with Crippen LogP contribution >= 0.6 is 0 Å². The van der Waals surface area contributed by atoms with Gasteiger partial charge in [0.1, 0.15) is 49.4 Å². The van der Waals surface area contributed by atoms with Crippen LogP contribution in [-0.2, 0) is 6.42 Å². The van der Waals surface area contributed by atoms with Crippen molar-refractivity contribution in [2.24, 2.45) is 0 Å². The van der Waals surface area contributed by atoms with Gasteiger partial charge in [0.2, 0.25) is 0 Å². The van der Waals surface area contributed by atoms with Gasteiger partial charge in [-0.3, -0.25) is 0 Å². The van der Waals surface area contributed by atoms with Crippen LogP contribution in [0.4, 0.5) is 0 Å². The molecular weight excluding hydrogens is 460 g/mol. The molecule has 0 aliphatic rings. The average molecular weight is 493 g/mol. The number of benzene rings is 4. The second-order valence-electron chi connectivity index (χ2n) is 8.43. The summed E-state index contributed by atoms with van der Waals surface area (Å²) in [6.07, 6.45) is 7.54. The maximum atomic E-state index is 6.13. The molecule has 0 radical (unpaired) electrons. The molecular formula is C33H32O4. The highest BCUT2D eigenvalue weighted by Crippen LogP contribution is 2.38. The standard InChI is InChI=1S/C33H32O4/c1-5-17-34-26-13-9-24-11-15-32(36-19-7-3)30(28(24)21-26)23-31-29-22-27(35-18-6-2)14-10-25(29)12-16-33(31)37-20-8-4/h5-16,21-22H,1-4,17-20,23H2. The minimum Gasteiger partial charge on any atom is -0.490 e. The van der Waals surface area contributed by atoms with Gasteiger partial charge in [-0.15, -0.1) is 0 Å². The predicted octanol–water partition coefficient (Wildman–Crippen LogP) is 7.84. The number of hydrogen-bond acceptors (Lipinski definition) is 4. The van der Waals surface area contributed by atoms with Crippen LogP contribution in [0.3, 0.4) is 0 Å². The fraction of sp³-hybridized carbons (Fsp3) is 0.152. The van der Waals surface area contributed by atoms with Gasteiger partial charge in [-0.05, 0) is 57.9 Å². The Balaban J connectivity index is 1.92. The van der Waals surface area contributed by atoms with Gasteiger partial charge >= 0.3 is 0 Å². The van der Waals surface area contributed by atoms with Crippen molar-refractivity contribution in [1.29, 1.82) is 0 Å². The first-order valence-electron chi connectivity index (χ1n) is 12.2. The molecule has 0 saturated heterocycles. The summed E-state index contributed by atoms with van der Waals surface area (Å²) in [5, 5.41) is 4.29. The van der Waals surface area contributed by atoms with Crippen LogP contribution in [0.2, 0.25) is 0 Å². The summed E-state index contributed by atoms with van der Waals surface area (Å²) < 4.78 is 24.0. The van der Waals surface area contributed by atoms with Crippen molar-refractivity contribution < 1.29 is 18.9 Å². The zero-order valence-corrected chi connectivity index (χ0v) is 21.1. The summed E-state index contributed by atoms with van der Waals surface area (Å²) in [7, 11) is 0. The zero-order chi connectivity index (χ0) is 26.0. The normalized spacial score (nSPS) is 10.6. The molecule has 37 heavy (non-hydrogen) atoms. The lowest BCUT2D eigenvalue weighted by Crippen LogP contribution is -2.03. The average Bonchev–Trinajstić information content (AvgIpc) is 2.93. The minimum absolute atomic E-state index is 0.403. The molecule has 4 rings (SSSR count).